The first kappa shape index (κ1) is 20.3. The Morgan fingerprint density at radius 1 is 1.00 bits per heavy atom. The number of para-hydroxylation sites is 1. The van der Waals surface area contributed by atoms with Crippen molar-refractivity contribution in [1.29, 1.82) is 0 Å². The van der Waals surface area contributed by atoms with E-state index in [1.165, 1.54) is 11.3 Å². The van der Waals surface area contributed by atoms with Crippen LogP contribution in [0.15, 0.2) is 71.7 Å². The molecule has 5 rings (SSSR count). The van der Waals surface area contributed by atoms with Gasteiger partial charge in [-0.1, -0.05) is 42.5 Å². The number of amides is 1. The smallest absolute Gasteiger partial charge is 0.279 e. The average Bonchev–Trinajstić information content (AvgIpc) is 3.14. The van der Waals surface area contributed by atoms with Crippen molar-refractivity contribution >= 4 is 27.5 Å². The van der Waals surface area contributed by atoms with E-state index in [2.05, 4.69) is 16.5 Å². The molecular formula is C25H22N2O4S. The topological polar surface area (TPSA) is 62.1 Å². The molecule has 4 aromatic rings. The molecule has 7 heteroatoms. The van der Waals surface area contributed by atoms with Crippen molar-refractivity contribution in [3.8, 4) is 23.0 Å². The van der Waals surface area contributed by atoms with Gasteiger partial charge in [0.2, 0.25) is 0 Å². The summed E-state index contributed by atoms with van der Waals surface area (Å²) in [5.74, 6) is 2.47. The van der Waals surface area contributed by atoms with Crippen LogP contribution in [0.2, 0.25) is 0 Å². The molecule has 1 aromatic heterocycles. The van der Waals surface area contributed by atoms with Gasteiger partial charge in [0.1, 0.15) is 24.7 Å². The van der Waals surface area contributed by atoms with Crippen LogP contribution in [0.1, 0.15) is 23.7 Å². The molecule has 32 heavy (non-hydrogen) atoms. The number of rotatable bonds is 5. The highest BCUT2D eigenvalue weighted by atomic mass is 32.1. The molecule has 0 bridgehead atoms. The summed E-state index contributed by atoms with van der Waals surface area (Å²) in [7, 11) is 0. The van der Waals surface area contributed by atoms with Crippen LogP contribution in [-0.2, 0) is 6.54 Å². The highest BCUT2D eigenvalue weighted by Gasteiger charge is 2.17. The van der Waals surface area contributed by atoms with Crippen molar-refractivity contribution in [2.24, 2.45) is 4.99 Å². The van der Waals surface area contributed by atoms with E-state index >= 15 is 0 Å². The number of benzene rings is 3. The SMILES string of the molecule is CCCn1c(=NC(=O)c2cccc(Oc3ccccc3)c2)sc2cc3c(cc21)OCCO3. The summed E-state index contributed by atoms with van der Waals surface area (Å²) in [5, 5.41) is 0. The summed E-state index contributed by atoms with van der Waals surface area (Å²) >= 11 is 1.48. The average molecular weight is 447 g/mol. The first-order valence-electron chi connectivity index (χ1n) is 10.6. The third-order valence-electron chi connectivity index (χ3n) is 5.05. The zero-order valence-corrected chi connectivity index (χ0v) is 18.4. The van der Waals surface area contributed by atoms with E-state index in [1.54, 1.807) is 18.2 Å². The van der Waals surface area contributed by atoms with E-state index in [1.807, 2.05) is 48.5 Å². The molecule has 0 unspecified atom stereocenters. The minimum atomic E-state index is -0.308. The zero-order valence-electron chi connectivity index (χ0n) is 17.6. The lowest BCUT2D eigenvalue weighted by Gasteiger charge is -2.18. The highest BCUT2D eigenvalue weighted by Crippen LogP contribution is 2.35. The second-order valence-electron chi connectivity index (χ2n) is 7.36. The van der Waals surface area contributed by atoms with E-state index in [4.69, 9.17) is 14.2 Å². The molecule has 162 valence electrons. The maximum absolute atomic E-state index is 13.0. The van der Waals surface area contributed by atoms with Gasteiger partial charge in [-0.3, -0.25) is 4.79 Å². The van der Waals surface area contributed by atoms with Crippen LogP contribution in [0, 0.1) is 0 Å². The monoisotopic (exact) mass is 446 g/mol. The molecule has 1 aliphatic heterocycles. The fourth-order valence-corrected chi connectivity index (χ4v) is 4.66. The summed E-state index contributed by atoms with van der Waals surface area (Å²) in [6, 6.07) is 20.5. The lowest BCUT2D eigenvalue weighted by atomic mass is 10.2. The molecule has 0 spiro atoms. The second-order valence-corrected chi connectivity index (χ2v) is 8.37. The third kappa shape index (κ3) is 4.11. The minimum absolute atomic E-state index is 0.308. The number of carbonyl (C=O) groups is 1. The van der Waals surface area contributed by atoms with Crippen LogP contribution in [0.5, 0.6) is 23.0 Å². The number of aromatic nitrogens is 1. The molecule has 0 radical (unpaired) electrons. The van der Waals surface area contributed by atoms with Gasteiger partial charge < -0.3 is 18.8 Å². The Kier molecular flexibility index (Phi) is 5.64. The maximum Gasteiger partial charge on any atom is 0.279 e. The van der Waals surface area contributed by atoms with Crippen LogP contribution in [0.3, 0.4) is 0 Å². The predicted molar refractivity (Wildman–Crippen MR) is 124 cm³/mol. The van der Waals surface area contributed by atoms with Crippen LogP contribution in [0.25, 0.3) is 10.2 Å². The molecule has 0 atom stereocenters. The van der Waals surface area contributed by atoms with Gasteiger partial charge in [-0.25, -0.2) is 0 Å². The normalized spacial score (nSPS) is 13.3. The van der Waals surface area contributed by atoms with Gasteiger partial charge in [0.25, 0.3) is 5.91 Å². The standard InChI is InChI=1S/C25H22N2O4S/c1-2-11-27-20-15-21-22(30-13-12-29-21)16-23(20)32-25(27)26-24(28)17-7-6-10-19(14-17)31-18-8-4-3-5-9-18/h3-10,14-16H,2,11-13H2,1H3. The van der Waals surface area contributed by atoms with Crippen molar-refractivity contribution in [3.05, 3.63) is 77.1 Å². The fraction of sp³-hybridized carbons (Fsp3) is 0.200. The van der Waals surface area contributed by atoms with Gasteiger partial charge >= 0.3 is 0 Å². The van der Waals surface area contributed by atoms with E-state index in [-0.39, 0.29) is 5.91 Å². The van der Waals surface area contributed by atoms with Crippen LogP contribution in [0.4, 0.5) is 0 Å². The van der Waals surface area contributed by atoms with E-state index in [0.717, 1.165) is 34.7 Å². The number of ether oxygens (including phenoxy) is 3. The number of hydrogen-bond donors (Lipinski definition) is 0. The Morgan fingerprint density at radius 2 is 1.75 bits per heavy atom. The lowest BCUT2D eigenvalue weighted by molar-refractivity contribution is 0.0997. The van der Waals surface area contributed by atoms with Gasteiger partial charge in [0, 0.05) is 24.2 Å². The molecule has 2 heterocycles. The molecule has 0 saturated carbocycles. The molecule has 0 fully saturated rings. The summed E-state index contributed by atoms with van der Waals surface area (Å²) in [4.78, 5) is 18.2. The van der Waals surface area contributed by atoms with E-state index in [9.17, 15) is 4.79 Å². The van der Waals surface area contributed by atoms with E-state index in [0.29, 0.717) is 35.1 Å². The summed E-state index contributed by atoms with van der Waals surface area (Å²) in [6.45, 7) is 3.93. The summed E-state index contributed by atoms with van der Waals surface area (Å²) in [6.07, 6.45) is 0.919. The van der Waals surface area contributed by atoms with Gasteiger partial charge in [0.05, 0.1) is 10.2 Å². The minimum Gasteiger partial charge on any atom is -0.486 e. The Bertz CT molecular complexity index is 1340. The van der Waals surface area contributed by atoms with Crippen molar-refractivity contribution in [2.75, 3.05) is 13.2 Å². The number of carbonyl (C=O) groups excluding carboxylic acids is 1. The van der Waals surface area contributed by atoms with Gasteiger partial charge in [0.15, 0.2) is 16.3 Å². The molecule has 1 aliphatic rings. The van der Waals surface area contributed by atoms with Crippen LogP contribution in [-0.4, -0.2) is 23.7 Å². The largest absolute Gasteiger partial charge is 0.486 e. The zero-order chi connectivity index (χ0) is 21.9. The molecule has 6 nitrogen and oxygen atoms in total. The van der Waals surface area contributed by atoms with Crippen molar-refractivity contribution < 1.29 is 19.0 Å². The van der Waals surface area contributed by atoms with Crippen molar-refractivity contribution in [2.45, 2.75) is 19.9 Å². The second kappa shape index (κ2) is 8.88. The molecule has 0 N–H and O–H groups in total. The van der Waals surface area contributed by atoms with Crippen molar-refractivity contribution in [3.63, 3.8) is 0 Å². The Hall–Kier alpha value is -3.58. The first-order chi connectivity index (χ1) is 15.7. The van der Waals surface area contributed by atoms with Gasteiger partial charge in [-0.05, 0) is 36.8 Å². The molecule has 3 aromatic carbocycles. The molecular weight excluding hydrogens is 424 g/mol. The number of thiazole rings is 1. The predicted octanol–water partition coefficient (Wildman–Crippen LogP) is 5.42. The first-order valence-corrected chi connectivity index (χ1v) is 11.4. The third-order valence-corrected chi connectivity index (χ3v) is 6.09. The maximum atomic E-state index is 13.0. The highest BCUT2D eigenvalue weighted by molar-refractivity contribution is 7.16. The fourth-order valence-electron chi connectivity index (χ4n) is 3.60. The Balaban J connectivity index is 1.51. The molecule has 1 amide bonds. The van der Waals surface area contributed by atoms with Gasteiger partial charge in [-0.15, -0.1) is 0 Å². The summed E-state index contributed by atoms with van der Waals surface area (Å²) < 4.78 is 20.4. The number of aryl methyl sites for hydroxylation is 1. The van der Waals surface area contributed by atoms with Crippen LogP contribution >= 0.6 is 11.3 Å². The number of fused-ring (bicyclic) bond motifs is 2. The lowest BCUT2D eigenvalue weighted by Crippen LogP contribution is -2.17. The molecule has 0 saturated heterocycles. The number of hydrogen-bond acceptors (Lipinski definition) is 5. The summed E-state index contributed by atoms with van der Waals surface area (Å²) in [5.41, 5.74) is 1.47. The quantitative estimate of drug-likeness (QED) is 0.411. The van der Waals surface area contributed by atoms with Gasteiger partial charge in [-0.2, -0.15) is 4.99 Å². The van der Waals surface area contributed by atoms with E-state index < -0.39 is 0 Å². The Labute approximate surface area is 189 Å². The number of nitrogens with zero attached hydrogens (tertiary/aromatic N) is 2. The Morgan fingerprint density at radius 3 is 2.53 bits per heavy atom. The van der Waals surface area contributed by atoms with Crippen molar-refractivity contribution in [1.82, 2.24) is 4.57 Å². The molecule has 0 aliphatic carbocycles. The van der Waals surface area contributed by atoms with Crippen LogP contribution < -0.4 is 19.0 Å².